The van der Waals surface area contributed by atoms with E-state index in [2.05, 4.69) is 15.6 Å². The summed E-state index contributed by atoms with van der Waals surface area (Å²) in [4.78, 5) is 15.3. The number of urea groups is 1. The summed E-state index contributed by atoms with van der Waals surface area (Å²) in [6.07, 6.45) is -2.37. The van der Waals surface area contributed by atoms with Crippen LogP contribution in [-0.4, -0.2) is 23.2 Å². The van der Waals surface area contributed by atoms with Crippen LogP contribution < -0.4 is 10.6 Å². The van der Waals surface area contributed by atoms with Gasteiger partial charge in [-0.25, -0.2) is 14.2 Å². The number of nitrogens with one attached hydrogen (secondary N) is 2. The van der Waals surface area contributed by atoms with Gasteiger partial charge in [0.2, 0.25) is 0 Å². The van der Waals surface area contributed by atoms with Crippen LogP contribution in [0, 0.1) is 11.7 Å². The SMILES string of the molecule is O=C(Nc1ccc(F)cn1)NC1CCCC(C(F)(F)F)C1. The van der Waals surface area contributed by atoms with Crippen molar-refractivity contribution in [1.29, 1.82) is 0 Å². The molecule has 1 aromatic rings. The van der Waals surface area contributed by atoms with Gasteiger partial charge in [0.25, 0.3) is 0 Å². The normalized spacial score (nSPS) is 22.7. The van der Waals surface area contributed by atoms with Crippen molar-refractivity contribution in [3.05, 3.63) is 24.1 Å². The van der Waals surface area contributed by atoms with E-state index in [1.807, 2.05) is 0 Å². The molecule has 4 nitrogen and oxygen atoms in total. The van der Waals surface area contributed by atoms with Crippen LogP contribution in [0.25, 0.3) is 0 Å². The first-order chi connectivity index (χ1) is 9.84. The van der Waals surface area contributed by atoms with E-state index < -0.39 is 30.0 Å². The minimum atomic E-state index is -4.23. The maximum atomic E-state index is 12.7. The number of rotatable bonds is 2. The molecule has 2 amide bonds. The number of carbonyl (C=O) groups is 1. The number of hydrogen-bond acceptors (Lipinski definition) is 2. The third-order valence-electron chi connectivity index (χ3n) is 3.44. The molecule has 0 aromatic carbocycles. The zero-order valence-corrected chi connectivity index (χ0v) is 11.1. The highest BCUT2D eigenvalue weighted by Gasteiger charge is 2.42. The van der Waals surface area contributed by atoms with Gasteiger partial charge in [0.05, 0.1) is 12.1 Å². The number of nitrogens with zero attached hydrogens (tertiary/aromatic N) is 1. The zero-order chi connectivity index (χ0) is 15.5. The lowest BCUT2D eigenvalue weighted by Crippen LogP contribution is -2.43. The fourth-order valence-electron chi connectivity index (χ4n) is 2.41. The molecule has 1 aliphatic carbocycles. The van der Waals surface area contributed by atoms with Crippen LogP contribution in [0.3, 0.4) is 0 Å². The van der Waals surface area contributed by atoms with E-state index in [0.29, 0.717) is 12.8 Å². The summed E-state index contributed by atoms with van der Waals surface area (Å²) >= 11 is 0. The van der Waals surface area contributed by atoms with Crippen molar-refractivity contribution in [3.63, 3.8) is 0 Å². The van der Waals surface area contributed by atoms with Gasteiger partial charge in [-0.1, -0.05) is 6.42 Å². The average molecular weight is 305 g/mol. The van der Waals surface area contributed by atoms with Crippen LogP contribution in [0.15, 0.2) is 18.3 Å². The highest BCUT2D eigenvalue weighted by Crippen LogP contribution is 2.37. The smallest absolute Gasteiger partial charge is 0.335 e. The van der Waals surface area contributed by atoms with E-state index in [0.717, 1.165) is 12.3 Å². The highest BCUT2D eigenvalue weighted by molar-refractivity contribution is 5.88. The van der Waals surface area contributed by atoms with Crippen LogP contribution in [0.1, 0.15) is 25.7 Å². The molecular formula is C13H15F4N3O. The monoisotopic (exact) mass is 305 g/mol. The molecule has 1 aliphatic rings. The second-order valence-electron chi connectivity index (χ2n) is 5.06. The number of pyridine rings is 1. The first-order valence-electron chi connectivity index (χ1n) is 6.60. The van der Waals surface area contributed by atoms with E-state index >= 15 is 0 Å². The Labute approximate surface area is 118 Å². The number of carbonyl (C=O) groups excluding carboxylic acids is 1. The minimum absolute atomic E-state index is 0.100. The molecule has 0 radical (unpaired) electrons. The summed E-state index contributed by atoms with van der Waals surface area (Å²) < 4.78 is 50.6. The van der Waals surface area contributed by atoms with Crippen molar-refractivity contribution in [2.45, 2.75) is 37.9 Å². The molecule has 1 saturated carbocycles. The summed E-state index contributed by atoms with van der Waals surface area (Å²) in [6.45, 7) is 0. The number of alkyl halides is 3. The predicted octanol–water partition coefficient (Wildman–Crippen LogP) is 3.46. The third-order valence-corrected chi connectivity index (χ3v) is 3.44. The molecule has 2 N–H and O–H groups in total. The van der Waals surface area contributed by atoms with Gasteiger partial charge < -0.3 is 5.32 Å². The Bertz CT molecular complexity index is 489. The lowest BCUT2D eigenvalue weighted by molar-refractivity contribution is -0.183. The summed E-state index contributed by atoms with van der Waals surface area (Å²) in [7, 11) is 0. The maximum Gasteiger partial charge on any atom is 0.391 e. The highest BCUT2D eigenvalue weighted by atomic mass is 19.4. The predicted molar refractivity (Wildman–Crippen MR) is 68.2 cm³/mol. The molecule has 8 heteroatoms. The fourth-order valence-corrected chi connectivity index (χ4v) is 2.41. The number of hydrogen-bond donors (Lipinski definition) is 2. The minimum Gasteiger partial charge on any atom is -0.335 e. The molecule has 2 unspecified atom stereocenters. The van der Waals surface area contributed by atoms with Crippen LogP contribution in [0.2, 0.25) is 0 Å². The summed E-state index contributed by atoms with van der Waals surface area (Å²) in [6, 6.07) is 1.24. The molecule has 2 atom stereocenters. The Balaban J connectivity index is 1.86. The largest absolute Gasteiger partial charge is 0.391 e. The van der Waals surface area contributed by atoms with Crippen LogP contribution >= 0.6 is 0 Å². The van der Waals surface area contributed by atoms with Crippen molar-refractivity contribution in [3.8, 4) is 0 Å². The van der Waals surface area contributed by atoms with Crippen molar-refractivity contribution < 1.29 is 22.4 Å². The molecule has 1 aromatic heterocycles. The Kier molecular flexibility index (Phi) is 4.64. The van der Waals surface area contributed by atoms with Crippen LogP contribution in [-0.2, 0) is 0 Å². The molecule has 1 heterocycles. The Morgan fingerprint density at radius 2 is 2.05 bits per heavy atom. The van der Waals surface area contributed by atoms with Crippen molar-refractivity contribution in [2.24, 2.45) is 5.92 Å². The lowest BCUT2D eigenvalue weighted by atomic mass is 9.85. The maximum absolute atomic E-state index is 12.7. The van der Waals surface area contributed by atoms with Crippen LogP contribution in [0.5, 0.6) is 0 Å². The van der Waals surface area contributed by atoms with Crippen molar-refractivity contribution >= 4 is 11.8 Å². The molecule has 116 valence electrons. The molecule has 0 saturated heterocycles. The Morgan fingerprint density at radius 3 is 2.67 bits per heavy atom. The van der Waals surface area contributed by atoms with E-state index in [-0.39, 0.29) is 18.7 Å². The standard InChI is InChI=1S/C13H15F4N3O/c14-9-4-5-11(18-7-9)20-12(21)19-10-3-1-2-8(6-10)13(15,16)17/h4-5,7-8,10H,1-3,6H2,(H2,18,19,20,21). The van der Waals surface area contributed by atoms with Gasteiger partial charge >= 0.3 is 12.2 Å². The first kappa shape index (κ1) is 15.5. The molecule has 2 rings (SSSR count). The fraction of sp³-hybridized carbons (Fsp3) is 0.538. The van der Waals surface area contributed by atoms with Gasteiger partial charge in [-0.2, -0.15) is 13.2 Å². The average Bonchev–Trinajstić information content (AvgIpc) is 2.41. The first-order valence-corrected chi connectivity index (χ1v) is 6.60. The Morgan fingerprint density at radius 1 is 1.29 bits per heavy atom. The molecule has 0 aliphatic heterocycles. The van der Waals surface area contributed by atoms with Gasteiger partial charge in [0, 0.05) is 6.04 Å². The summed E-state index contributed by atoms with van der Waals surface area (Å²) in [5.41, 5.74) is 0. The second kappa shape index (κ2) is 6.28. The zero-order valence-electron chi connectivity index (χ0n) is 11.1. The number of anilines is 1. The topological polar surface area (TPSA) is 54.0 Å². The van der Waals surface area contributed by atoms with Gasteiger partial charge in [-0.15, -0.1) is 0 Å². The van der Waals surface area contributed by atoms with E-state index in [9.17, 15) is 22.4 Å². The van der Waals surface area contributed by atoms with Gasteiger partial charge in [0.15, 0.2) is 0 Å². The van der Waals surface area contributed by atoms with Crippen molar-refractivity contribution in [2.75, 3.05) is 5.32 Å². The molecule has 21 heavy (non-hydrogen) atoms. The number of amides is 2. The molecular weight excluding hydrogens is 290 g/mol. The number of halogens is 4. The summed E-state index contributed by atoms with van der Waals surface area (Å²) in [5.74, 6) is -1.78. The molecule has 0 bridgehead atoms. The second-order valence-corrected chi connectivity index (χ2v) is 5.06. The Hall–Kier alpha value is -1.86. The number of aromatic nitrogens is 1. The third kappa shape index (κ3) is 4.57. The van der Waals surface area contributed by atoms with E-state index in [1.54, 1.807) is 0 Å². The van der Waals surface area contributed by atoms with Crippen LogP contribution in [0.4, 0.5) is 28.2 Å². The van der Waals surface area contributed by atoms with E-state index in [1.165, 1.54) is 6.07 Å². The molecule has 1 fully saturated rings. The van der Waals surface area contributed by atoms with Gasteiger partial charge in [-0.05, 0) is 31.4 Å². The van der Waals surface area contributed by atoms with Crippen molar-refractivity contribution in [1.82, 2.24) is 10.3 Å². The quantitative estimate of drug-likeness (QED) is 0.822. The lowest BCUT2D eigenvalue weighted by Gasteiger charge is -2.30. The van der Waals surface area contributed by atoms with Gasteiger partial charge in [-0.3, -0.25) is 5.32 Å². The molecule has 0 spiro atoms. The van der Waals surface area contributed by atoms with Gasteiger partial charge in [0.1, 0.15) is 11.6 Å². The summed E-state index contributed by atoms with van der Waals surface area (Å²) in [5, 5.41) is 4.86. The van der Waals surface area contributed by atoms with E-state index in [4.69, 9.17) is 0 Å².